The van der Waals surface area contributed by atoms with Gasteiger partial charge in [0.2, 0.25) is 5.75 Å². The molecule has 0 aliphatic heterocycles. The maximum Gasteiger partial charge on any atom is 0.263 e. The number of hydrogen-bond acceptors (Lipinski definition) is 8. The smallest absolute Gasteiger partial charge is 0.263 e. The highest BCUT2D eigenvalue weighted by Gasteiger charge is 2.20. The summed E-state index contributed by atoms with van der Waals surface area (Å²) < 4.78 is 37.6. The van der Waals surface area contributed by atoms with Crippen LogP contribution in [0.2, 0.25) is 0 Å². The van der Waals surface area contributed by atoms with Crippen LogP contribution >= 0.6 is 11.6 Å². The van der Waals surface area contributed by atoms with E-state index in [1.54, 1.807) is 12.1 Å². The van der Waals surface area contributed by atoms with Crippen LogP contribution in [0, 0.1) is 0 Å². The molecule has 0 spiro atoms. The Morgan fingerprint density at radius 1 is 1.19 bits per heavy atom. The van der Waals surface area contributed by atoms with E-state index in [-0.39, 0.29) is 34.8 Å². The molecule has 1 unspecified atom stereocenters. The van der Waals surface area contributed by atoms with Gasteiger partial charge in [-0.1, -0.05) is 0 Å². The lowest BCUT2D eigenvalue weighted by Crippen LogP contribution is -2.20. The van der Waals surface area contributed by atoms with Gasteiger partial charge < -0.3 is 19.9 Å². The van der Waals surface area contributed by atoms with Gasteiger partial charge in [-0.3, -0.25) is 4.72 Å². The molecule has 26 heavy (non-hydrogen) atoms. The van der Waals surface area contributed by atoms with Gasteiger partial charge in [0.1, 0.15) is 6.33 Å². The third-order valence-corrected chi connectivity index (χ3v) is 5.00. The fourth-order valence-corrected chi connectivity index (χ4v) is 3.11. The molecule has 0 bridgehead atoms. The van der Waals surface area contributed by atoms with Crippen LogP contribution in [-0.4, -0.2) is 56.2 Å². The minimum absolute atomic E-state index is 0.0283. The van der Waals surface area contributed by atoms with Crippen LogP contribution < -0.4 is 19.5 Å². The second-order valence-corrected chi connectivity index (χ2v) is 7.07. The predicted octanol–water partition coefficient (Wildman–Crippen LogP) is 1.31. The van der Waals surface area contributed by atoms with Crippen LogP contribution in [-0.2, 0) is 10.0 Å². The molecular formula is C15H19ClN4O5S. The number of rotatable bonds is 9. The van der Waals surface area contributed by atoms with Crippen LogP contribution in [0.3, 0.4) is 0 Å². The Kier molecular flexibility index (Phi) is 6.83. The van der Waals surface area contributed by atoms with Crippen molar-refractivity contribution in [2.75, 3.05) is 36.7 Å². The minimum atomic E-state index is -3.90. The van der Waals surface area contributed by atoms with E-state index in [9.17, 15) is 13.5 Å². The van der Waals surface area contributed by atoms with Gasteiger partial charge in [-0.15, -0.1) is 11.6 Å². The van der Waals surface area contributed by atoms with Gasteiger partial charge in [-0.2, -0.15) is 4.98 Å². The molecule has 0 saturated heterocycles. The molecule has 3 N–H and O–H groups in total. The van der Waals surface area contributed by atoms with Crippen LogP contribution in [0.4, 0.5) is 11.5 Å². The molecule has 1 atom stereocenters. The van der Waals surface area contributed by atoms with E-state index in [0.717, 1.165) is 6.33 Å². The fraction of sp³-hybridized carbons (Fsp3) is 0.333. The normalized spacial score (nSPS) is 12.3. The number of aromatic nitrogens is 2. The predicted molar refractivity (Wildman–Crippen MR) is 97.6 cm³/mol. The Bertz CT molecular complexity index is 832. The van der Waals surface area contributed by atoms with Crippen LogP contribution in [0.25, 0.3) is 0 Å². The number of nitrogens with zero attached hydrogens (tertiary/aromatic N) is 2. The Balaban J connectivity index is 2.18. The maximum atomic E-state index is 12.5. The summed E-state index contributed by atoms with van der Waals surface area (Å²) in [4.78, 5) is 7.77. The van der Waals surface area contributed by atoms with Crippen molar-refractivity contribution in [2.45, 2.75) is 11.0 Å². The van der Waals surface area contributed by atoms with Gasteiger partial charge in [0, 0.05) is 12.2 Å². The fourth-order valence-electron chi connectivity index (χ4n) is 1.99. The van der Waals surface area contributed by atoms with Gasteiger partial charge in [0.05, 0.1) is 31.1 Å². The zero-order valence-corrected chi connectivity index (χ0v) is 15.7. The quantitative estimate of drug-likeness (QED) is 0.536. The summed E-state index contributed by atoms with van der Waals surface area (Å²) >= 11 is 5.52. The zero-order valence-electron chi connectivity index (χ0n) is 14.1. The van der Waals surface area contributed by atoms with Crippen molar-refractivity contribution >= 4 is 33.1 Å². The summed E-state index contributed by atoms with van der Waals surface area (Å²) in [5, 5.41) is 12.4. The number of nitrogens with one attached hydrogen (secondary N) is 2. The molecule has 142 valence electrons. The summed E-state index contributed by atoms with van der Waals surface area (Å²) in [5.41, 5.74) is 0.648. The largest absolute Gasteiger partial charge is 0.489 e. The van der Waals surface area contributed by atoms with E-state index in [2.05, 4.69) is 20.0 Å². The first-order valence-electron chi connectivity index (χ1n) is 7.45. The molecule has 11 heteroatoms. The van der Waals surface area contributed by atoms with Crippen molar-refractivity contribution in [3.63, 3.8) is 0 Å². The summed E-state index contributed by atoms with van der Waals surface area (Å²) in [7, 11) is -1.16. The topological polar surface area (TPSA) is 123 Å². The number of ether oxygens (including phenoxy) is 2. The standard InChI is InChI=1S/C15H19ClN4O5S/c1-24-13-14(18-9-19-15(13)25-2)20-26(22,23)12-5-3-10(4-6-12)17-8-11(21)7-16/h3-6,9,11,17,21H,7-8H2,1-2H3,(H,18,19,20). The van der Waals surface area contributed by atoms with Crippen molar-refractivity contribution in [3.05, 3.63) is 30.6 Å². The molecular weight excluding hydrogens is 384 g/mol. The number of halogens is 1. The van der Waals surface area contributed by atoms with Gasteiger partial charge in [0.25, 0.3) is 15.9 Å². The molecule has 0 aliphatic rings. The number of anilines is 2. The van der Waals surface area contributed by atoms with Gasteiger partial charge in [0.15, 0.2) is 5.82 Å². The highest BCUT2D eigenvalue weighted by molar-refractivity contribution is 7.92. The van der Waals surface area contributed by atoms with Crippen LogP contribution in [0.1, 0.15) is 0 Å². The van der Waals surface area contributed by atoms with Crippen molar-refractivity contribution in [1.29, 1.82) is 0 Å². The molecule has 1 aromatic carbocycles. The lowest BCUT2D eigenvalue weighted by molar-refractivity contribution is 0.211. The van der Waals surface area contributed by atoms with Gasteiger partial charge in [-0.05, 0) is 24.3 Å². The highest BCUT2D eigenvalue weighted by atomic mass is 35.5. The molecule has 0 saturated carbocycles. The number of benzene rings is 1. The lowest BCUT2D eigenvalue weighted by Gasteiger charge is -2.13. The summed E-state index contributed by atoms with van der Waals surface area (Å²) in [6.45, 7) is 0.256. The molecule has 0 fully saturated rings. The zero-order chi connectivity index (χ0) is 19.2. The maximum absolute atomic E-state index is 12.5. The van der Waals surface area contributed by atoms with Crippen LogP contribution in [0.15, 0.2) is 35.5 Å². The van der Waals surface area contributed by atoms with Gasteiger partial charge >= 0.3 is 0 Å². The van der Waals surface area contributed by atoms with Crippen molar-refractivity contribution in [2.24, 2.45) is 0 Å². The summed E-state index contributed by atoms with van der Waals surface area (Å²) in [6, 6.07) is 5.99. The van der Waals surface area contributed by atoms with Crippen molar-refractivity contribution in [1.82, 2.24) is 9.97 Å². The number of hydrogen-bond donors (Lipinski definition) is 3. The van der Waals surface area contributed by atoms with E-state index in [1.807, 2.05) is 0 Å². The first kappa shape index (κ1) is 20.0. The van der Waals surface area contributed by atoms with E-state index in [0.29, 0.717) is 5.69 Å². The Hall–Kier alpha value is -2.30. The second kappa shape index (κ2) is 8.88. The molecule has 0 aliphatic carbocycles. The summed E-state index contributed by atoms with van der Waals surface area (Å²) in [6.07, 6.45) is 0.468. The molecule has 2 aromatic rings. The number of aliphatic hydroxyl groups is 1. The van der Waals surface area contributed by atoms with E-state index in [4.69, 9.17) is 21.1 Å². The Morgan fingerprint density at radius 3 is 2.46 bits per heavy atom. The molecule has 1 heterocycles. The van der Waals surface area contributed by atoms with Crippen molar-refractivity contribution < 1.29 is 23.0 Å². The number of aliphatic hydroxyl groups excluding tert-OH is 1. The lowest BCUT2D eigenvalue weighted by atomic mass is 10.3. The second-order valence-electron chi connectivity index (χ2n) is 5.08. The van der Waals surface area contributed by atoms with E-state index >= 15 is 0 Å². The minimum Gasteiger partial charge on any atom is -0.489 e. The van der Waals surface area contributed by atoms with Gasteiger partial charge in [-0.25, -0.2) is 13.4 Å². The van der Waals surface area contributed by atoms with E-state index in [1.165, 1.54) is 26.4 Å². The third kappa shape index (κ3) is 4.87. The van der Waals surface area contributed by atoms with Crippen LogP contribution in [0.5, 0.6) is 11.6 Å². The average Bonchev–Trinajstić information content (AvgIpc) is 2.65. The SMILES string of the molecule is COc1ncnc(NS(=O)(=O)c2ccc(NCC(O)CCl)cc2)c1OC. The molecule has 0 radical (unpaired) electrons. The first-order chi connectivity index (χ1) is 12.4. The molecule has 1 aromatic heterocycles. The molecule has 9 nitrogen and oxygen atoms in total. The monoisotopic (exact) mass is 402 g/mol. The Morgan fingerprint density at radius 2 is 1.88 bits per heavy atom. The molecule has 2 rings (SSSR count). The first-order valence-corrected chi connectivity index (χ1v) is 9.46. The highest BCUT2D eigenvalue weighted by Crippen LogP contribution is 2.32. The van der Waals surface area contributed by atoms with Crippen molar-refractivity contribution in [3.8, 4) is 11.6 Å². The average molecular weight is 403 g/mol. The molecule has 0 amide bonds. The Labute approximate surface area is 156 Å². The number of methoxy groups -OCH3 is 2. The third-order valence-electron chi connectivity index (χ3n) is 3.28. The number of sulfonamides is 1. The summed E-state index contributed by atoms with van der Waals surface area (Å²) in [5.74, 6) is 0.254. The van der Waals surface area contributed by atoms with E-state index < -0.39 is 16.1 Å². The number of alkyl halides is 1.